The topological polar surface area (TPSA) is 53.9 Å². The Morgan fingerprint density at radius 2 is 1.96 bits per heavy atom. The molecule has 1 amide bonds. The fraction of sp³-hybridized carbons (Fsp3) is 0.273. The number of hydrogen-bond acceptors (Lipinski definition) is 2. The second-order valence-corrected chi connectivity index (χ2v) is 7.20. The van der Waals surface area contributed by atoms with Gasteiger partial charge >= 0.3 is 0 Å². The molecule has 0 unspecified atom stereocenters. The molecule has 1 saturated heterocycles. The highest BCUT2D eigenvalue weighted by atomic mass is 16.2. The number of para-hydroxylation sites is 3. The van der Waals surface area contributed by atoms with Gasteiger partial charge in [0.15, 0.2) is 0 Å². The number of nitrogens with zero attached hydrogens (tertiary/aromatic N) is 3. The van der Waals surface area contributed by atoms with E-state index < -0.39 is 0 Å². The van der Waals surface area contributed by atoms with Crippen molar-refractivity contribution in [3.63, 3.8) is 0 Å². The van der Waals surface area contributed by atoms with Crippen LogP contribution in [-0.4, -0.2) is 31.9 Å². The van der Waals surface area contributed by atoms with Gasteiger partial charge < -0.3 is 14.5 Å². The standard InChI is InChI=1S/C22H22N4O/c27-21(12-15-25-14-11-16-6-1-4-9-19(16)25)26-13-5-10-20(26)22-23-17-7-2-3-8-18(17)24-22/h1-4,6-9,11,14,20H,5,10,12-13,15H2,(H,23,24)/t20-/m1/s1. The summed E-state index contributed by atoms with van der Waals surface area (Å²) in [4.78, 5) is 23.1. The summed E-state index contributed by atoms with van der Waals surface area (Å²) in [5.74, 6) is 1.12. The molecular weight excluding hydrogens is 336 g/mol. The van der Waals surface area contributed by atoms with Crippen LogP contribution in [0.25, 0.3) is 21.9 Å². The SMILES string of the molecule is O=C(CCn1ccc2ccccc21)N1CCC[C@@H]1c1nc2ccccc2[nH]1. The number of rotatable bonds is 4. The summed E-state index contributed by atoms with van der Waals surface area (Å²) in [5, 5.41) is 1.21. The Bertz CT molecular complexity index is 1080. The molecule has 0 saturated carbocycles. The number of aromatic nitrogens is 3. The largest absolute Gasteiger partial charge is 0.347 e. The number of carbonyl (C=O) groups is 1. The van der Waals surface area contributed by atoms with Crippen molar-refractivity contribution in [1.82, 2.24) is 19.4 Å². The Kier molecular flexibility index (Phi) is 3.93. The molecule has 0 bridgehead atoms. The highest BCUT2D eigenvalue weighted by Gasteiger charge is 2.31. The number of aryl methyl sites for hydroxylation is 1. The summed E-state index contributed by atoms with van der Waals surface area (Å²) in [6.45, 7) is 1.52. The van der Waals surface area contributed by atoms with Gasteiger partial charge in [-0.15, -0.1) is 0 Å². The minimum absolute atomic E-state index is 0.0614. The summed E-state index contributed by atoms with van der Waals surface area (Å²) in [5.41, 5.74) is 3.18. The lowest BCUT2D eigenvalue weighted by Crippen LogP contribution is -2.31. The van der Waals surface area contributed by atoms with Crippen molar-refractivity contribution >= 4 is 27.8 Å². The zero-order valence-corrected chi connectivity index (χ0v) is 15.1. The Morgan fingerprint density at radius 3 is 2.89 bits per heavy atom. The highest BCUT2D eigenvalue weighted by Crippen LogP contribution is 2.32. The van der Waals surface area contributed by atoms with Crippen LogP contribution in [0.3, 0.4) is 0 Å². The van der Waals surface area contributed by atoms with Crippen molar-refractivity contribution in [1.29, 1.82) is 0 Å². The minimum atomic E-state index is 0.0614. The first-order chi connectivity index (χ1) is 13.3. The van der Waals surface area contributed by atoms with Crippen molar-refractivity contribution in [3.8, 4) is 0 Å². The lowest BCUT2D eigenvalue weighted by atomic mass is 10.2. The van der Waals surface area contributed by atoms with Crippen LogP contribution in [0.5, 0.6) is 0 Å². The number of likely N-dealkylation sites (tertiary alicyclic amines) is 1. The smallest absolute Gasteiger partial charge is 0.224 e. The lowest BCUT2D eigenvalue weighted by molar-refractivity contribution is -0.132. The van der Waals surface area contributed by atoms with Crippen LogP contribution in [0.2, 0.25) is 0 Å². The van der Waals surface area contributed by atoms with E-state index in [2.05, 4.69) is 33.9 Å². The molecule has 2 aromatic carbocycles. The number of fused-ring (bicyclic) bond motifs is 2. The first kappa shape index (κ1) is 16.1. The maximum absolute atomic E-state index is 12.9. The van der Waals surface area contributed by atoms with Crippen LogP contribution < -0.4 is 0 Å². The van der Waals surface area contributed by atoms with E-state index in [0.29, 0.717) is 13.0 Å². The van der Waals surface area contributed by atoms with Gasteiger partial charge in [-0.2, -0.15) is 0 Å². The molecule has 3 heterocycles. The first-order valence-corrected chi connectivity index (χ1v) is 9.57. The van der Waals surface area contributed by atoms with Crippen LogP contribution in [-0.2, 0) is 11.3 Å². The molecule has 1 aliphatic heterocycles. The zero-order chi connectivity index (χ0) is 18.2. The molecule has 1 fully saturated rings. The predicted octanol–water partition coefficient (Wildman–Crippen LogP) is 4.27. The van der Waals surface area contributed by atoms with E-state index in [0.717, 1.165) is 36.2 Å². The van der Waals surface area contributed by atoms with Gasteiger partial charge in [-0.3, -0.25) is 4.79 Å². The molecule has 136 valence electrons. The van der Waals surface area contributed by atoms with Gasteiger partial charge in [0.25, 0.3) is 0 Å². The minimum Gasteiger partial charge on any atom is -0.347 e. The van der Waals surface area contributed by atoms with Crippen LogP contribution in [0, 0.1) is 0 Å². The van der Waals surface area contributed by atoms with Gasteiger partial charge in [0, 0.05) is 31.2 Å². The first-order valence-electron chi connectivity index (χ1n) is 9.57. The zero-order valence-electron chi connectivity index (χ0n) is 15.1. The summed E-state index contributed by atoms with van der Waals surface area (Å²) in [7, 11) is 0. The molecule has 5 heteroatoms. The summed E-state index contributed by atoms with van der Waals surface area (Å²) >= 11 is 0. The molecule has 1 aliphatic rings. The Balaban J connectivity index is 1.33. The number of hydrogen-bond donors (Lipinski definition) is 1. The van der Waals surface area contributed by atoms with Crippen molar-refractivity contribution in [2.24, 2.45) is 0 Å². The van der Waals surface area contributed by atoms with Crippen LogP contribution in [0.1, 0.15) is 31.1 Å². The molecule has 4 aromatic rings. The number of nitrogens with one attached hydrogen (secondary N) is 1. The van der Waals surface area contributed by atoms with Gasteiger partial charge in [-0.1, -0.05) is 30.3 Å². The maximum Gasteiger partial charge on any atom is 0.224 e. The summed E-state index contributed by atoms with van der Waals surface area (Å²) in [6, 6.07) is 18.5. The van der Waals surface area contributed by atoms with Gasteiger partial charge in [0.1, 0.15) is 5.82 Å². The molecule has 0 aliphatic carbocycles. The number of H-pyrrole nitrogens is 1. The van der Waals surface area contributed by atoms with E-state index in [-0.39, 0.29) is 11.9 Å². The van der Waals surface area contributed by atoms with Crippen LogP contribution in [0.15, 0.2) is 60.8 Å². The van der Waals surface area contributed by atoms with E-state index in [1.807, 2.05) is 41.3 Å². The molecule has 5 rings (SSSR count). The number of carbonyl (C=O) groups excluding carboxylic acids is 1. The average molecular weight is 358 g/mol. The van der Waals surface area contributed by atoms with E-state index in [1.165, 1.54) is 10.9 Å². The van der Waals surface area contributed by atoms with Crippen LogP contribution >= 0.6 is 0 Å². The van der Waals surface area contributed by atoms with Crippen molar-refractivity contribution in [2.45, 2.75) is 31.8 Å². The fourth-order valence-electron chi connectivity index (χ4n) is 4.18. The Labute approximate surface area is 157 Å². The molecule has 27 heavy (non-hydrogen) atoms. The number of benzene rings is 2. The third-order valence-corrected chi connectivity index (χ3v) is 5.54. The van der Waals surface area contributed by atoms with Gasteiger partial charge in [-0.05, 0) is 42.5 Å². The van der Waals surface area contributed by atoms with Gasteiger partial charge in [0.2, 0.25) is 5.91 Å². The molecule has 0 radical (unpaired) electrons. The van der Waals surface area contributed by atoms with E-state index in [1.54, 1.807) is 0 Å². The second-order valence-electron chi connectivity index (χ2n) is 7.20. The molecule has 1 atom stereocenters. The summed E-state index contributed by atoms with van der Waals surface area (Å²) in [6.07, 6.45) is 4.58. The monoisotopic (exact) mass is 358 g/mol. The average Bonchev–Trinajstić information content (AvgIpc) is 3.43. The van der Waals surface area contributed by atoms with Gasteiger partial charge in [0.05, 0.1) is 17.1 Å². The van der Waals surface area contributed by atoms with Crippen molar-refractivity contribution in [3.05, 3.63) is 66.6 Å². The lowest BCUT2D eigenvalue weighted by Gasteiger charge is -2.23. The number of amides is 1. The Hall–Kier alpha value is -3.08. The van der Waals surface area contributed by atoms with Crippen molar-refractivity contribution in [2.75, 3.05) is 6.54 Å². The molecule has 0 spiro atoms. The molecule has 5 nitrogen and oxygen atoms in total. The second kappa shape index (κ2) is 6.58. The third kappa shape index (κ3) is 2.89. The molecule has 1 N–H and O–H groups in total. The number of aromatic amines is 1. The van der Waals surface area contributed by atoms with E-state index >= 15 is 0 Å². The molecule has 2 aromatic heterocycles. The highest BCUT2D eigenvalue weighted by molar-refractivity contribution is 5.81. The maximum atomic E-state index is 12.9. The fourth-order valence-corrected chi connectivity index (χ4v) is 4.18. The van der Waals surface area contributed by atoms with E-state index in [9.17, 15) is 4.79 Å². The van der Waals surface area contributed by atoms with E-state index in [4.69, 9.17) is 4.98 Å². The summed E-state index contributed by atoms with van der Waals surface area (Å²) < 4.78 is 2.17. The Morgan fingerprint density at radius 1 is 1.11 bits per heavy atom. The third-order valence-electron chi connectivity index (χ3n) is 5.54. The molecular formula is C22H22N4O. The predicted molar refractivity (Wildman–Crippen MR) is 106 cm³/mol. The quantitative estimate of drug-likeness (QED) is 0.592. The van der Waals surface area contributed by atoms with Crippen LogP contribution in [0.4, 0.5) is 0 Å². The van der Waals surface area contributed by atoms with Crippen molar-refractivity contribution < 1.29 is 4.79 Å². The normalized spacial score (nSPS) is 17.2. The number of imidazole rings is 1. The van der Waals surface area contributed by atoms with Gasteiger partial charge in [-0.25, -0.2) is 4.98 Å².